The average molecular weight is 290 g/mol. The first-order chi connectivity index (χ1) is 7.27. The van der Waals surface area contributed by atoms with Gasteiger partial charge in [0.2, 0.25) is 0 Å². The zero-order valence-corrected chi connectivity index (χ0v) is 11.1. The van der Waals surface area contributed by atoms with Crippen LogP contribution in [0.25, 0.3) is 0 Å². The number of hydrogen-bond donors (Lipinski definition) is 2. The number of benzene rings is 1. The monoisotopic (exact) mass is 289 g/mol. The molecule has 0 aliphatic heterocycles. The Morgan fingerprint density at radius 3 is 2.80 bits per heavy atom. The van der Waals surface area contributed by atoms with Crippen LogP contribution in [0.5, 0.6) is 0 Å². The van der Waals surface area contributed by atoms with Gasteiger partial charge in [0.15, 0.2) is 0 Å². The van der Waals surface area contributed by atoms with Gasteiger partial charge in [-0.1, -0.05) is 12.1 Å². The van der Waals surface area contributed by atoms with Gasteiger partial charge in [-0.05, 0) is 41.5 Å². The second-order valence-corrected chi connectivity index (χ2v) is 5.16. The van der Waals surface area contributed by atoms with Gasteiger partial charge in [-0.25, -0.2) is 0 Å². The number of nitrogens with one attached hydrogen (secondary N) is 1. The molecule has 0 bridgehead atoms. The van der Waals surface area contributed by atoms with Crippen molar-refractivity contribution in [2.45, 2.75) is 17.4 Å². The van der Waals surface area contributed by atoms with E-state index < -0.39 is 0 Å². The van der Waals surface area contributed by atoms with Crippen LogP contribution in [0.1, 0.15) is 6.42 Å². The minimum absolute atomic E-state index is 0.238. The van der Waals surface area contributed by atoms with Gasteiger partial charge in [-0.2, -0.15) is 0 Å². The van der Waals surface area contributed by atoms with E-state index in [1.54, 1.807) is 11.8 Å². The molecular formula is C11H16BrNOS. The Labute approximate surface area is 104 Å². The maximum atomic E-state index is 8.86. The summed E-state index contributed by atoms with van der Waals surface area (Å²) in [7, 11) is 1.93. The van der Waals surface area contributed by atoms with Crippen molar-refractivity contribution in [1.29, 1.82) is 0 Å². The molecule has 0 aliphatic carbocycles. The van der Waals surface area contributed by atoms with E-state index in [9.17, 15) is 0 Å². The Bertz CT molecular complexity index is 296. The summed E-state index contributed by atoms with van der Waals surface area (Å²) >= 11 is 5.32. The molecule has 0 fully saturated rings. The maximum Gasteiger partial charge on any atom is 0.0446 e. The standard InChI is InChI=1S/C11H16BrNOS/c1-13-9(6-7-14)8-15-11-5-3-2-4-10(11)12/h2-5,9,13-14H,6-8H2,1H3. The van der Waals surface area contributed by atoms with Crippen LogP contribution in [0.3, 0.4) is 0 Å². The fourth-order valence-electron chi connectivity index (χ4n) is 1.22. The molecule has 0 aliphatic rings. The first-order valence-electron chi connectivity index (χ1n) is 4.93. The molecule has 1 aromatic rings. The number of rotatable bonds is 6. The normalized spacial score (nSPS) is 12.7. The van der Waals surface area contributed by atoms with Gasteiger partial charge in [-0.15, -0.1) is 11.8 Å². The maximum absolute atomic E-state index is 8.86. The SMILES string of the molecule is CNC(CCO)CSc1ccccc1Br. The van der Waals surface area contributed by atoms with Gasteiger partial charge in [0, 0.05) is 27.8 Å². The van der Waals surface area contributed by atoms with Crippen molar-refractivity contribution in [2.75, 3.05) is 19.4 Å². The Kier molecular flexibility index (Phi) is 6.32. The fraction of sp³-hybridized carbons (Fsp3) is 0.455. The van der Waals surface area contributed by atoms with Crippen molar-refractivity contribution >= 4 is 27.7 Å². The van der Waals surface area contributed by atoms with Gasteiger partial charge < -0.3 is 10.4 Å². The van der Waals surface area contributed by atoms with E-state index in [4.69, 9.17) is 5.11 Å². The number of hydrogen-bond acceptors (Lipinski definition) is 3. The van der Waals surface area contributed by atoms with Crippen LogP contribution in [-0.4, -0.2) is 30.6 Å². The second-order valence-electron chi connectivity index (χ2n) is 3.24. The van der Waals surface area contributed by atoms with Crippen molar-refractivity contribution < 1.29 is 5.11 Å². The van der Waals surface area contributed by atoms with Crippen LogP contribution in [0.15, 0.2) is 33.6 Å². The third-order valence-corrected chi connectivity index (χ3v) is 4.35. The lowest BCUT2D eigenvalue weighted by molar-refractivity contribution is 0.273. The molecule has 0 saturated carbocycles. The largest absolute Gasteiger partial charge is 0.396 e. The van der Waals surface area contributed by atoms with E-state index in [0.717, 1.165) is 16.6 Å². The molecule has 0 spiro atoms. The molecule has 4 heteroatoms. The third kappa shape index (κ3) is 4.55. The molecule has 84 valence electrons. The summed E-state index contributed by atoms with van der Waals surface area (Å²) in [5.41, 5.74) is 0. The number of aliphatic hydroxyl groups is 1. The van der Waals surface area contributed by atoms with Crippen LogP contribution >= 0.6 is 27.7 Å². The molecule has 0 aromatic heterocycles. The smallest absolute Gasteiger partial charge is 0.0446 e. The van der Waals surface area contributed by atoms with E-state index in [1.165, 1.54) is 4.90 Å². The molecule has 1 atom stereocenters. The average Bonchev–Trinajstić information content (AvgIpc) is 2.26. The molecule has 2 nitrogen and oxygen atoms in total. The first kappa shape index (κ1) is 13.0. The Hall–Kier alpha value is -0.0300. The van der Waals surface area contributed by atoms with Crippen molar-refractivity contribution in [3.63, 3.8) is 0 Å². The van der Waals surface area contributed by atoms with E-state index in [1.807, 2.05) is 25.2 Å². The minimum atomic E-state index is 0.238. The summed E-state index contributed by atoms with van der Waals surface area (Å²) in [6.07, 6.45) is 0.800. The topological polar surface area (TPSA) is 32.3 Å². The molecule has 1 rings (SSSR count). The van der Waals surface area contributed by atoms with Crippen LogP contribution < -0.4 is 5.32 Å². The van der Waals surface area contributed by atoms with E-state index in [-0.39, 0.29) is 6.61 Å². The van der Waals surface area contributed by atoms with E-state index >= 15 is 0 Å². The first-order valence-corrected chi connectivity index (χ1v) is 6.71. The zero-order chi connectivity index (χ0) is 11.1. The fourth-order valence-corrected chi connectivity index (χ4v) is 2.94. The van der Waals surface area contributed by atoms with Crippen molar-refractivity contribution in [3.05, 3.63) is 28.7 Å². The predicted molar refractivity (Wildman–Crippen MR) is 69.4 cm³/mol. The highest BCUT2D eigenvalue weighted by Crippen LogP contribution is 2.27. The predicted octanol–water partition coefficient (Wildman–Crippen LogP) is 2.51. The van der Waals surface area contributed by atoms with Crippen LogP contribution in [-0.2, 0) is 0 Å². The molecule has 0 saturated heterocycles. The number of halogens is 1. The van der Waals surface area contributed by atoms with Crippen LogP contribution in [0.2, 0.25) is 0 Å². The van der Waals surface area contributed by atoms with Crippen molar-refractivity contribution in [1.82, 2.24) is 5.32 Å². The molecule has 1 unspecified atom stereocenters. The zero-order valence-electron chi connectivity index (χ0n) is 8.74. The van der Waals surface area contributed by atoms with Gasteiger partial charge in [-0.3, -0.25) is 0 Å². The Morgan fingerprint density at radius 2 is 2.20 bits per heavy atom. The summed E-state index contributed by atoms with van der Waals surface area (Å²) < 4.78 is 1.13. The highest BCUT2D eigenvalue weighted by molar-refractivity contribution is 9.10. The molecular weight excluding hydrogens is 274 g/mol. The second kappa shape index (κ2) is 7.28. The summed E-state index contributed by atoms with van der Waals surface area (Å²) in [4.78, 5) is 1.25. The van der Waals surface area contributed by atoms with Gasteiger partial charge >= 0.3 is 0 Å². The van der Waals surface area contributed by atoms with Crippen molar-refractivity contribution in [2.24, 2.45) is 0 Å². The summed E-state index contributed by atoms with van der Waals surface area (Å²) in [6.45, 7) is 0.238. The van der Waals surface area contributed by atoms with Crippen molar-refractivity contribution in [3.8, 4) is 0 Å². The molecule has 0 heterocycles. The molecule has 0 amide bonds. The lowest BCUT2D eigenvalue weighted by atomic mass is 10.2. The number of aliphatic hydroxyl groups excluding tert-OH is 1. The van der Waals surface area contributed by atoms with Crippen LogP contribution in [0.4, 0.5) is 0 Å². The number of thioether (sulfide) groups is 1. The van der Waals surface area contributed by atoms with Gasteiger partial charge in [0.1, 0.15) is 0 Å². The van der Waals surface area contributed by atoms with Crippen LogP contribution in [0, 0.1) is 0 Å². The van der Waals surface area contributed by atoms with Gasteiger partial charge in [0.25, 0.3) is 0 Å². The lowest BCUT2D eigenvalue weighted by Crippen LogP contribution is -2.28. The quantitative estimate of drug-likeness (QED) is 0.790. The molecule has 1 aromatic carbocycles. The molecule has 0 radical (unpaired) electrons. The molecule has 15 heavy (non-hydrogen) atoms. The van der Waals surface area contributed by atoms with Gasteiger partial charge in [0.05, 0.1) is 0 Å². The molecule has 2 N–H and O–H groups in total. The Morgan fingerprint density at radius 1 is 1.47 bits per heavy atom. The highest BCUT2D eigenvalue weighted by Gasteiger charge is 2.07. The minimum Gasteiger partial charge on any atom is -0.396 e. The van der Waals surface area contributed by atoms with E-state index in [2.05, 4.69) is 27.3 Å². The summed E-state index contributed by atoms with van der Waals surface area (Å²) in [6, 6.07) is 8.56. The summed E-state index contributed by atoms with van der Waals surface area (Å²) in [5.74, 6) is 0.972. The third-order valence-electron chi connectivity index (χ3n) is 2.16. The summed E-state index contributed by atoms with van der Waals surface area (Å²) in [5, 5.41) is 12.1. The Balaban J connectivity index is 2.45. The highest BCUT2D eigenvalue weighted by atomic mass is 79.9. The lowest BCUT2D eigenvalue weighted by Gasteiger charge is -2.14. The van der Waals surface area contributed by atoms with E-state index in [0.29, 0.717) is 6.04 Å².